The zero-order valence-electron chi connectivity index (χ0n) is 16.6. The molecule has 0 spiro atoms. The summed E-state index contributed by atoms with van der Waals surface area (Å²) in [5, 5.41) is 2.54. The van der Waals surface area contributed by atoms with Gasteiger partial charge in [0.05, 0.1) is 17.3 Å². The molecule has 6 nitrogen and oxygen atoms in total. The number of carbonyl (C=O) groups excluding carboxylic acids is 1. The molecule has 1 heterocycles. The molecule has 1 atom stereocenters. The molecule has 8 heteroatoms. The minimum atomic E-state index is -3.46. The van der Waals surface area contributed by atoms with Gasteiger partial charge in [0.15, 0.2) is 0 Å². The molecule has 0 bridgehead atoms. The molecule has 1 saturated heterocycles. The minimum absolute atomic E-state index is 0.141. The van der Waals surface area contributed by atoms with Crippen LogP contribution in [-0.2, 0) is 14.8 Å². The summed E-state index contributed by atoms with van der Waals surface area (Å²) in [4.78, 5) is 13.7. The normalized spacial score (nSPS) is 16.2. The Hall–Kier alpha value is -2.03. The highest BCUT2D eigenvalue weighted by Gasteiger charge is 2.25. The maximum absolute atomic E-state index is 12.7. The van der Waals surface area contributed by atoms with Crippen LogP contribution in [0.4, 0.5) is 5.69 Å². The lowest BCUT2D eigenvalue weighted by Gasteiger charge is -2.25. The third-order valence-corrected chi connectivity index (χ3v) is 7.84. The van der Waals surface area contributed by atoms with Crippen molar-refractivity contribution in [3.8, 4) is 5.75 Å². The van der Waals surface area contributed by atoms with Crippen LogP contribution in [0.5, 0.6) is 5.75 Å². The largest absolute Gasteiger partial charge is 0.497 e. The summed E-state index contributed by atoms with van der Waals surface area (Å²) in [5.74, 6) is 0.628. The molecular formula is C21H26N2O4S2. The highest BCUT2D eigenvalue weighted by Crippen LogP contribution is 2.27. The van der Waals surface area contributed by atoms with Gasteiger partial charge in [-0.25, -0.2) is 8.42 Å². The first-order chi connectivity index (χ1) is 13.9. The fourth-order valence-corrected chi connectivity index (χ4v) is 5.50. The third-order valence-electron chi connectivity index (χ3n) is 4.82. The number of piperidine rings is 1. The van der Waals surface area contributed by atoms with Gasteiger partial charge in [-0.2, -0.15) is 4.31 Å². The van der Waals surface area contributed by atoms with Crippen LogP contribution in [0, 0.1) is 0 Å². The summed E-state index contributed by atoms with van der Waals surface area (Å²) in [7, 11) is -1.85. The Morgan fingerprint density at radius 1 is 1.03 bits per heavy atom. The van der Waals surface area contributed by atoms with E-state index in [1.54, 1.807) is 31.4 Å². The van der Waals surface area contributed by atoms with Crippen LogP contribution < -0.4 is 10.1 Å². The molecule has 3 rings (SSSR count). The quantitative estimate of drug-likeness (QED) is 0.667. The smallest absolute Gasteiger partial charge is 0.243 e. The SMILES string of the molecule is COc1ccc(S[C@H](C)C(=O)Nc2ccc(S(=O)(=O)N3CCCCC3)cc2)cc1. The first kappa shape index (κ1) is 21.7. The molecule has 0 unspecified atom stereocenters. The molecule has 29 heavy (non-hydrogen) atoms. The molecule has 0 aromatic heterocycles. The van der Waals surface area contributed by atoms with E-state index in [-0.39, 0.29) is 16.1 Å². The zero-order chi connectivity index (χ0) is 20.9. The van der Waals surface area contributed by atoms with Crippen LogP contribution in [0.1, 0.15) is 26.2 Å². The maximum atomic E-state index is 12.7. The van der Waals surface area contributed by atoms with Gasteiger partial charge in [0.1, 0.15) is 5.75 Å². The van der Waals surface area contributed by atoms with Crippen molar-refractivity contribution in [3.05, 3.63) is 48.5 Å². The van der Waals surface area contributed by atoms with Crippen molar-refractivity contribution in [1.82, 2.24) is 4.31 Å². The highest BCUT2D eigenvalue weighted by molar-refractivity contribution is 8.00. The van der Waals surface area contributed by atoms with Crippen LogP contribution in [0.3, 0.4) is 0 Å². The molecular weight excluding hydrogens is 408 g/mol. The van der Waals surface area contributed by atoms with Crippen LogP contribution >= 0.6 is 11.8 Å². The number of sulfonamides is 1. The van der Waals surface area contributed by atoms with Crippen LogP contribution in [-0.4, -0.2) is 44.1 Å². The number of amides is 1. The fraction of sp³-hybridized carbons (Fsp3) is 0.381. The topological polar surface area (TPSA) is 75.7 Å². The molecule has 1 N–H and O–H groups in total. The lowest BCUT2D eigenvalue weighted by molar-refractivity contribution is -0.115. The van der Waals surface area contributed by atoms with E-state index in [1.807, 2.05) is 31.2 Å². The number of benzene rings is 2. The maximum Gasteiger partial charge on any atom is 0.243 e. The summed E-state index contributed by atoms with van der Waals surface area (Å²) in [6.45, 7) is 2.97. The van der Waals surface area contributed by atoms with E-state index in [0.717, 1.165) is 29.9 Å². The highest BCUT2D eigenvalue weighted by atomic mass is 32.2. The number of thioether (sulfide) groups is 1. The van der Waals surface area contributed by atoms with E-state index in [1.165, 1.54) is 16.1 Å². The van der Waals surface area contributed by atoms with Gasteiger partial charge in [0, 0.05) is 23.7 Å². The number of rotatable bonds is 7. The Kier molecular flexibility index (Phi) is 7.21. The molecule has 2 aromatic rings. The number of ether oxygens (including phenoxy) is 1. The van der Waals surface area contributed by atoms with E-state index in [4.69, 9.17) is 4.74 Å². The number of carbonyl (C=O) groups is 1. The van der Waals surface area contributed by atoms with Crippen molar-refractivity contribution < 1.29 is 17.9 Å². The van der Waals surface area contributed by atoms with Crippen LogP contribution in [0.25, 0.3) is 0 Å². The molecule has 1 aliphatic rings. The summed E-state index contributed by atoms with van der Waals surface area (Å²) in [5.41, 5.74) is 0.578. The van der Waals surface area contributed by atoms with E-state index in [2.05, 4.69) is 5.32 Å². The first-order valence-corrected chi connectivity index (χ1v) is 11.9. The number of nitrogens with one attached hydrogen (secondary N) is 1. The Balaban J connectivity index is 1.60. The second-order valence-electron chi connectivity index (χ2n) is 6.91. The van der Waals surface area contributed by atoms with Crippen molar-refractivity contribution in [3.63, 3.8) is 0 Å². The van der Waals surface area contributed by atoms with Gasteiger partial charge in [0.2, 0.25) is 15.9 Å². The van der Waals surface area contributed by atoms with Crippen molar-refractivity contribution in [2.75, 3.05) is 25.5 Å². The molecule has 0 radical (unpaired) electrons. The van der Waals surface area contributed by atoms with Gasteiger partial charge in [-0.3, -0.25) is 4.79 Å². The fourth-order valence-electron chi connectivity index (χ4n) is 3.12. The van der Waals surface area contributed by atoms with E-state index >= 15 is 0 Å². The van der Waals surface area contributed by atoms with Crippen LogP contribution in [0.2, 0.25) is 0 Å². The predicted molar refractivity (Wildman–Crippen MR) is 116 cm³/mol. The second kappa shape index (κ2) is 9.65. The average Bonchev–Trinajstić information content (AvgIpc) is 2.75. The molecule has 0 saturated carbocycles. The van der Waals surface area contributed by atoms with Gasteiger partial charge in [0.25, 0.3) is 0 Å². The van der Waals surface area contributed by atoms with E-state index in [0.29, 0.717) is 18.8 Å². The standard InChI is InChI=1S/C21H26N2O4S2/c1-16(28-19-10-8-18(27-2)9-11-19)21(24)22-17-6-12-20(13-7-17)29(25,26)23-14-4-3-5-15-23/h6-13,16H,3-5,14-15H2,1-2H3,(H,22,24)/t16-/m1/s1. The second-order valence-corrected chi connectivity index (χ2v) is 10.3. The molecule has 0 aliphatic carbocycles. The molecule has 1 fully saturated rings. The van der Waals surface area contributed by atoms with Crippen molar-refractivity contribution >= 4 is 33.4 Å². The van der Waals surface area contributed by atoms with Gasteiger partial charge in [-0.05, 0) is 68.3 Å². The lowest BCUT2D eigenvalue weighted by Crippen LogP contribution is -2.35. The Morgan fingerprint density at radius 3 is 2.24 bits per heavy atom. The molecule has 156 valence electrons. The average molecular weight is 435 g/mol. The zero-order valence-corrected chi connectivity index (χ0v) is 18.3. The van der Waals surface area contributed by atoms with Crippen molar-refractivity contribution in [2.45, 2.75) is 41.2 Å². The summed E-state index contributed by atoms with van der Waals surface area (Å²) in [6.07, 6.45) is 2.87. The van der Waals surface area contributed by atoms with Gasteiger partial charge in [-0.1, -0.05) is 6.42 Å². The van der Waals surface area contributed by atoms with Gasteiger partial charge < -0.3 is 10.1 Å². The monoisotopic (exact) mass is 434 g/mol. The number of hydrogen-bond acceptors (Lipinski definition) is 5. The number of anilines is 1. The molecule has 1 amide bonds. The van der Waals surface area contributed by atoms with E-state index < -0.39 is 10.0 Å². The summed E-state index contributed by atoms with van der Waals surface area (Å²) in [6, 6.07) is 13.9. The number of nitrogens with zero attached hydrogens (tertiary/aromatic N) is 1. The molecule has 2 aromatic carbocycles. The summed E-state index contributed by atoms with van der Waals surface area (Å²) >= 11 is 1.45. The van der Waals surface area contributed by atoms with Crippen molar-refractivity contribution in [2.24, 2.45) is 0 Å². The number of hydrogen-bond donors (Lipinski definition) is 1. The Morgan fingerprint density at radius 2 is 1.66 bits per heavy atom. The van der Waals surface area contributed by atoms with Crippen LogP contribution in [0.15, 0.2) is 58.3 Å². The van der Waals surface area contributed by atoms with Gasteiger partial charge in [-0.15, -0.1) is 11.8 Å². The Bertz CT molecular complexity index is 922. The third kappa shape index (κ3) is 5.52. The predicted octanol–water partition coefficient (Wildman–Crippen LogP) is 3.99. The first-order valence-electron chi connectivity index (χ1n) is 9.62. The van der Waals surface area contributed by atoms with Gasteiger partial charge >= 0.3 is 0 Å². The number of methoxy groups -OCH3 is 1. The Labute approximate surface area is 176 Å². The van der Waals surface area contributed by atoms with E-state index in [9.17, 15) is 13.2 Å². The lowest BCUT2D eigenvalue weighted by atomic mass is 10.2. The summed E-state index contributed by atoms with van der Waals surface area (Å²) < 4.78 is 32.1. The minimum Gasteiger partial charge on any atom is -0.497 e. The molecule has 1 aliphatic heterocycles. The van der Waals surface area contributed by atoms with Crippen molar-refractivity contribution in [1.29, 1.82) is 0 Å².